The first-order valence-electron chi connectivity index (χ1n) is 5.44. The molecule has 0 saturated carbocycles. The molecule has 76 valence electrons. The predicted octanol–water partition coefficient (Wildman–Crippen LogP) is 1.22. The molecule has 0 amide bonds. The Morgan fingerprint density at radius 3 is 2.46 bits per heavy atom. The van der Waals surface area contributed by atoms with Gasteiger partial charge in [0.05, 0.1) is 0 Å². The van der Waals surface area contributed by atoms with Crippen molar-refractivity contribution in [1.82, 2.24) is 10.6 Å². The van der Waals surface area contributed by atoms with Crippen molar-refractivity contribution in [3.63, 3.8) is 0 Å². The van der Waals surface area contributed by atoms with Crippen LogP contribution in [0.2, 0.25) is 0 Å². The smallest absolute Gasteiger partial charge is 0.128 e. The highest BCUT2D eigenvalue weighted by Crippen LogP contribution is 2.31. The lowest BCUT2D eigenvalue weighted by Gasteiger charge is -2.39. The first-order valence-corrected chi connectivity index (χ1v) is 5.44. The van der Waals surface area contributed by atoms with E-state index in [4.69, 9.17) is 0 Å². The Kier molecular flexibility index (Phi) is 2.84. The molecule has 0 spiro atoms. The maximum atomic E-state index is 14.4. The molecule has 1 unspecified atom stereocenters. The largest absolute Gasteiger partial charge is 0.316 e. The van der Waals surface area contributed by atoms with Crippen LogP contribution in [0.3, 0.4) is 0 Å². The van der Waals surface area contributed by atoms with Crippen molar-refractivity contribution in [2.45, 2.75) is 43.8 Å². The average Bonchev–Trinajstić information content (AvgIpc) is 2.20. The molecule has 2 nitrogen and oxygen atoms in total. The summed E-state index contributed by atoms with van der Waals surface area (Å²) in [5, 5.41) is 6.54. The van der Waals surface area contributed by atoms with Crippen LogP contribution in [0.1, 0.15) is 32.1 Å². The van der Waals surface area contributed by atoms with Gasteiger partial charge in [-0.2, -0.15) is 0 Å². The van der Waals surface area contributed by atoms with Crippen molar-refractivity contribution < 1.29 is 4.39 Å². The van der Waals surface area contributed by atoms with E-state index in [0.29, 0.717) is 12.8 Å². The molecule has 2 aliphatic heterocycles. The predicted molar refractivity (Wildman–Crippen MR) is 51.6 cm³/mol. The third-order valence-electron chi connectivity index (χ3n) is 3.37. The highest BCUT2D eigenvalue weighted by atomic mass is 19.1. The monoisotopic (exact) mass is 186 g/mol. The van der Waals surface area contributed by atoms with Gasteiger partial charge < -0.3 is 10.6 Å². The van der Waals surface area contributed by atoms with E-state index in [-0.39, 0.29) is 6.04 Å². The molecule has 0 aromatic carbocycles. The highest BCUT2D eigenvalue weighted by molar-refractivity contribution is 4.96. The first-order chi connectivity index (χ1) is 6.31. The third kappa shape index (κ3) is 2.02. The quantitative estimate of drug-likeness (QED) is 0.643. The number of alkyl halides is 1. The van der Waals surface area contributed by atoms with Gasteiger partial charge in [-0.25, -0.2) is 4.39 Å². The zero-order valence-corrected chi connectivity index (χ0v) is 8.11. The van der Waals surface area contributed by atoms with Gasteiger partial charge in [0.1, 0.15) is 5.67 Å². The molecule has 0 aromatic rings. The number of hydrogen-bond acceptors (Lipinski definition) is 2. The fourth-order valence-corrected chi connectivity index (χ4v) is 2.48. The van der Waals surface area contributed by atoms with E-state index < -0.39 is 5.67 Å². The molecular weight excluding hydrogens is 167 g/mol. The zero-order chi connectivity index (χ0) is 9.15. The number of piperidine rings is 2. The molecule has 0 aromatic heterocycles. The Morgan fingerprint density at radius 2 is 1.85 bits per heavy atom. The van der Waals surface area contributed by atoms with Crippen molar-refractivity contribution in [3.8, 4) is 0 Å². The molecule has 1 atom stereocenters. The SMILES string of the molecule is FC1(C2CCCCN2)CCNCC1. The number of hydrogen-bond donors (Lipinski definition) is 2. The molecule has 2 fully saturated rings. The van der Waals surface area contributed by atoms with Crippen molar-refractivity contribution in [3.05, 3.63) is 0 Å². The van der Waals surface area contributed by atoms with Crippen LogP contribution in [0.25, 0.3) is 0 Å². The fraction of sp³-hybridized carbons (Fsp3) is 1.00. The maximum absolute atomic E-state index is 14.4. The molecule has 2 saturated heterocycles. The Bertz CT molecular complexity index is 160. The normalized spacial score (nSPS) is 34.4. The molecule has 2 heterocycles. The molecule has 3 heteroatoms. The molecule has 0 radical (unpaired) electrons. The fourth-order valence-electron chi connectivity index (χ4n) is 2.48. The summed E-state index contributed by atoms with van der Waals surface area (Å²) in [6.07, 6.45) is 4.80. The summed E-state index contributed by atoms with van der Waals surface area (Å²) in [6, 6.07) is 0.128. The van der Waals surface area contributed by atoms with E-state index in [0.717, 1.165) is 26.1 Å². The highest BCUT2D eigenvalue weighted by Gasteiger charge is 2.40. The maximum Gasteiger partial charge on any atom is 0.128 e. The van der Waals surface area contributed by atoms with Crippen LogP contribution < -0.4 is 10.6 Å². The average molecular weight is 186 g/mol. The van der Waals surface area contributed by atoms with Crippen molar-refractivity contribution in [2.24, 2.45) is 0 Å². The molecular formula is C10H19FN2. The van der Waals surface area contributed by atoms with Crippen molar-refractivity contribution in [2.75, 3.05) is 19.6 Å². The van der Waals surface area contributed by atoms with Crippen LogP contribution in [0.5, 0.6) is 0 Å². The van der Waals surface area contributed by atoms with E-state index in [1.807, 2.05) is 0 Å². The minimum absolute atomic E-state index is 0.128. The minimum atomic E-state index is -0.925. The van der Waals surface area contributed by atoms with Crippen LogP contribution in [0.4, 0.5) is 4.39 Å². The Balaban J connectivity index is 1.94. The van der Waals surface area contributed by atoms with Gasteiger partial charge in [-0.05, 0) is 45.3 Å². The number of nitrogens with one attached hydrogen (secondary N) is 2. The van der Waals surface area contributed by atoms with Crippen LogP contribution >= 0.6 is 0 Å². The summed E-state index contributed by atoms with van der Waals surface area (Å²) in [5.74, 6) is 0. The lowest BCUT2D eigenvalue weighted by Crippen LogP contribution is -2.54. The second kappa shape index (κ2) is 3.93. The summed E-state index contributed by atoms with van der Waals surface area (Å²) in [6.45, 7) is 2.69. The molecule has 2 rings (SSSR count). The van der Waals surface area contributed by atoms with Gasteiger partial charge in [0.15, 0.2) is 0 Å². The van der Waals surface area contributed by atoms with Crippen LogP contribution in [0, 0.1) is 0 Å². The Hall–Kier alpha value is -0.150. The second-order valence-corrected chi connectivity index (χ2v) is 4.29. The van der Waals surface area contributed by atoms with Gasteiger partial charge in [0.25, 0.3) is 0 Å². The summed E-state index contributed by atoms with van der Waals surface area (Å²) in [4.78, 5) is 0. The third-order valence-corrected chi connectivity index (χ3v) is 3.37. The molecule has 13 heavy (non-hydrogen) atoms. The zero-order valence-electron chi connectivity index (χ0n) is 8.11. The number of rotatable bonds is 1. The summed E-state index contributed by atoms with van der Waals surface area (Å²) in [7, 11) is 0. The van der Waals surface area contributed by atoms with E-state index in [2.05, 4.69) is 10.6 Å². The van der Waals surface area contributed by atoms with Crippen molar-refractivity contribution >= 4 is 0 Å². The van der Waals surface area contributed by atoms with Gasteiger partial charge in [0.2, 0.25) is 0 Å². The minimum Gasteiger partial charge on any atom is -0.316 e. The van der Waals surface area contributed by atoms with Gasteiger partial charge in [0, 0.05) is 6.04 Å². The van der Waals surface area contributed by atoms with Crippen LogP contribution in [-0.2, 0) is 0 Å². The van der Waals surface area contributed by atoms with Gasteiger partial charge in [-0.1, -0.05) is 6.42 Å². The van der Waals surface area contributed by atoms with E-state index in [1.54, 1.807) is 0 Å². The lowest BCUT2D eigenvalue weighted by molar-refractivity contribution is 0.0550. The Labute approximate surface area is 79.3 Å². The molecule has 0 bridgehead atoms. The Morgan fingerprint density at radius 1 is 1.08 bits per heavy atom. The lowest BCUT2D eigenvalue weighted by atomic mass is 9.82. The summed E-state index contributed by atoms with van der Waals surface area (Å²) >= 11 is 0. The van der Waals surface area contributed by atoms with Gasteiger partial charge in [-0.3, -0.25) is 0 Å². The number of halogens is 1. The second-order valence-electron chi connectivity index (χ2n) is 4.29. The van der Waals surface area contributed by atoms with Gasteiger partial charge in [-0.15, -0.1) is 0 Å². The van der Waals surface area contributed by atoms with Crippen LogP contribution in [-0.4, -0.2) is 31.3 Å². The molecule has 2 N–H and O–H groups in total. The summed E-state index contributed by atoms with van der Waals surface area (Å²) in [5.41, 5.74) is -0.925. The van der Waals surface area contributed by atoms with Crippen LogP contribution in [0.15, 0.2) is 0 Å². The standard InChI is InChI=1S/C10H19FN2/c11-10(4-7-12-8-5-10)9-3-1-2-6-13-9/h9,12-13H,1-8H2. The molecule has 0 aliphatic carbocycles. The topological polar surface area (TPSA) is 24.1 Å². The molecule has 2 aliphatic rings. The van der Waals surface area contributed by atoms with Crippen molar-refractivity contribution in [1.29, 1.82) is 0 Å². The van der Waals surface area contributed by atoms with E-state index >= 15 is 0 Å². The van der Waals surface area contributed by atoms with E-state index in [1.165, 1.54) is 12.8 Å². The summed E-state index contributed by atoms with van der Waals surface area (Å²) < 4.78 is 14.4. The van der Waals surface area contributed by atoms with Gasteiger partial charge >= 0.3 is 0 Å². The first kappa shape index (κ1) is 9.41. The van der Waals surface area contributed by atoms with E-state index in [9.17, 15) is 4.39 Å².